The first-order valence-electron chi connectivity index (χ1n) is 7.44. The van der Waals surface area contributed by atoms with Crippen molar-refractivity contribution < 1.29 is 14.7 Å². The summed E-state index contributed by atoms with van der Waals surface area (Å²) in [6, 6.07) is 7.69. The number of benzene rings is 1. The zero-order chi connectivity index (χ0) is 17.0. The van der Waals surface area contributed by atoms with E-state index in [4.69, 9.17) is 5.11 Å². The number of carboxylic acid groups (broad SMARTS) is 1. The molecular formula is C16H20N4O3. The number of rotatable bonds is 6. The second-order valence-corrected chi connectivity index (χ2v) is 5.39. The first-order chi connectivity index (χ1) is 10.9. The maximum atomic E-state index is 12.5. The predicted molar refractivity (Wildman–Crippen MR) is 84.7 cm³/mol. The van der Waals surface area contributed by atoms with Crippen molar-refractivity contribution in [2.24, 2.45) is 0 Å². The monoisotopic (exact) mass is 316 g/mol. The summed E-state index contributed by atoms with van der Waals surface area (Å²) in [6.07, 6.45) is 0.671. The van der Waals surface area contributed by atoms with Crippen molar-refractivity contribution in [3.8, 4) is 5.69 Å². The Labute approximate surface area is 134 Å². The van der Waals surface area contributed by atoms with Gasteiger partial charge in [0, 0.05) is 6.54 Å². The number of aromatic nitrogens is 3. The molecule has 2 aromatic rings. The predicted octanol–water partition coefficient (Wildman–Crippen LogP) is 1.82. The largest absolute Gasteiger partial charge is 0.480 e. The molecule has 0 saturated heterocycles. The number of nitrogens with zero attached hydrogens (tertiary/aromatic N) is 4. The van der Waals surface area contributed by atoms with Crippen LogP contribution in [0.25, 0.3) is 5.69 Å². The first-order valence-corrected chi connectivity index (χ1v) is 7.44. The fourth-order valence-corrected chi connectivity index (χ4v) is 2.37. The van der Waals surface area contributed by atoms with Crippen LogP contribution in [-0.2, 0) is 4.79 Å². The lowest BCUT2D eigenvalue weighted by molar-refractivity contribution is -0.137. The van der Waals surface area contributed by atoms with Crippen molar-refractivity contribution >= 4 is 11.9 Å². The molecule has 0 bridgehead atoms. The molecule has 0 aliphatic carbocycles. The van der Waals surface area contributed by atoms with Gasteiger partial charge in [-0.05, 0) is 38.0 Å². The molecule has 1 heterocycles. The molecule has 0 aliphatic rings. The van der Waals surface area contributed by atoms with Gasteiger partial charge >= 0.3 is 5.97 Å². The number of hydrogen-bond acceptors (Lipinski definition) is 4. The van der Waals surface area contributed by atoms with Gasteiger partial charge in [0.25, 0.3) is 5.91 Å². The summed E-state index contributed by atoms with van der Waals surface area (Å²) >= 11 is 0. The van der Waals surface area contributed by atoms with Gasteiger partial charge in [-0.15, -0.1) is 5.10 Å². The number of carboxylic acids is 1. The number of hydrogen-bond donors (Lipinski definition) is 1. The molecule has 0 spiro atoms. The van der Waals surface area contributed by atoms with Crippen LogP contribution >= 0.6 is 0 Å². The van der Waals surface area contributed by atoms with Gasteiger partial charge in [-0.25, -0.2) is 4.68 Å². The fourth-order valence-electron chi connectivity index (χ4n) is 2.37. The SMILES string of the molecule is CCCN(CC(=O)O)C(=O)c1nnn(-c2cccc(C)c2)c1C. The fraction of sp³-hybridized carbons (Fsp3) is 0.375. The highest BCUT2D eigenvalue weighted by Gasteiger charge is 2.24. The molecule has 2 rings (SSSR count). The third-order valence-electron chi connectivity index (χ3n) is 3.45. The van der Waals surface area contributed by atoms with E-state index in [2.05, 4.69) is 10.3 Å². The van der Waals surface area contributed by atoms with Gasteiger partial charge in [0.15, 0.2) is 5.69 Å². The van der Waals surface area contributed by atoms with Crippen LogP contribution < -0.4 is 0 Å². The normalized spacial score (nSPS) is 10.6. The van der Waals surface area contributed by atoms with Crippen molar-refractivity contribution in [3.05, 3.63) is 41.2 Å². The highest BCUT2D eigenvalue weighted by atomic mass is 16.4. The standard InChI is InChI=1S/C16H20N4O3/c1-4-8-19(10-14(21)22)16(23)15-12(3)20(18-17-15)13-7-5-6-11(2)9-13/h5-7,9H,4,8,10H2,1-3H3,(H,21,22). The molecule has 0 atom stereocenters. The van der Waals surface area contributed by atoms with Crippen LogP contribution in [0.4, 0.5) is 0 Å². The van der Waals surface area contributed by atoms with E-state index >= 15 is 0 Å². The van der Waals surface area contributed by atoms with Crippen molar-refractivity contribution in [2.45, 2.75) is 27.2 Å². The second kappa shape index (κ2) is 7.04. The Bertz CT molecular complexity index is 724. The van der Waals surface area contributed by atoms with Crippen LogP contribution in [0.15, 0.2) is 24.3 Å². The molecule has 0 fully saturated rings. The minimum Gasteiger partial charge on any atom is -0.480 e. The molecular weight excluding hydrogens is 296 g/mol. The molecule has 23 heavy (non-hydrogen) atoms. The summed E-state index contributed by atoms with van der Waals surface area (Å²) in [5.74, 6) is -1.46. The van der Waals surface area contributed by atoms with Crippen molar-refractivity contribution in [3.63, 3.8) is 0 Å². The van der Waals surface area contributed by atoms with E-state index in [0.717, 1.165) is 11.3 Å². The third kappa shape index (κ3) is 3.74. The zero-order valence-electron chi connectivity index (χ0n) is 13.5. The molecule has 7 nitrogen and oxygen atoms in total. The highest BCUT2D eigenvalue weighted by molar-refractivity contribution is 5.95. The zero-order valence-corrected chi connectivity index (χ0v) is 13.5. The van der Waals surface area contributed by atoms with Crippen molar-refractivity contribution in [1.82, 2.24) is 19.9 Å². The Hall–Kier alpha value is -2.70. The Kier molecular flexibility index (Phi) is 5.10. The molecule has 1 aromatic heterocycles. The molecule has 1 N–H and O–H groups in total. The van der Waals surface area contributed by atoms with E-state index < -0.39 is 11.9 Å². The Balaban J connectivity index is 2.33. The van der Waals surface area contributed by atoms with Gasteiger partial charge in [-0.1, -0.05) is 24.3 Å². The number of aryl methyl sites for hydroxylation is 1. The minimum absolute atomic E-state index is 0.182. The number of carbonyl (C=O) groups is 2. The second-order valence-electron chi connectivity index (χ2n) is 5.39. The van der Waals surface area contributed by atoms with E-state index in [1.54, 1.807) is 11.6 Å². The molecule has 1 amide bonds. The lowest BCUT2D eigenvalue weighted by Crippen LogP contribution is -2.36. The average Bonchev–Trinajstić information content (AvgIpc) is 2.87. The Morgan fingerprint density at radius 2 is 2.04 bits per heavy atom. The van der Waals surface area contributed by atoms with Crippen LogP contribution in [0, 0.1) is 13.8 Å². The van der Waals surface area contributed by atoms with Crippen molar-refractivity contribution in [1.29, 1.82) is 0 Å². The lowest BCUT2D eigenvalue weighted by atomic mass is 10.2. The van der Waals surface area contributed by atoms with Crippen LogP contribution in [0.2, 0.25) is 0 Å². The summed E-state index contributed by atoms with van der Waals surface area (Å²) in [5.41, 5.74) is 2.66. The van der Waals surface area contributed by atoms with Crippen LogP contribution in [0.3, 0.4) is 0 Å². The van der Waals surface area contributed by atoms with Gasteiger partial charge in [0.05, 0.1) is 11.4 Å². The maximum Gasteiger partial charge on any atom is 0.323 e. The van der Waals surface area contributed by atoms with Crippen LogP contribution in [0.1, 0.15) is 35.1 Å². The molecule has 122 valence electrons. The number of carbonyl (C=O) groups excluding carboxylic acids is 1. The molecule has 1 aromatic carbocycles. The van der Waals surface area contributed by atoms with E-state index in [1.165, 1.54) is 4.90 Å². The molecule has 0 aliphatic heterocycles. The van der Waals surface area contributed by atoms with E-state index in [0.29, 0.717) is 18.7 Å². The minimum atomic E-state index is -1.05. The Morgan fingerprint density at radius 3 is 2.65 bits per heavy atom. The summed E-state index contributed by atoms with van der Waals surface area (Å²) in [7, 11) is 0. The quantitative estimate of drug-likeness (QED) is 0.878. The first kappa shape index (κ1) is 16.7. The number of amides is 1. The van der Waals surface area contributed by atoms with Crippen LogP contribution in [0.5, 0.6) is 0 Å². The van der Waals surface area contributed by atoms with Gasteiger partial charge in [0.2, 0.25) is 0 Å². The van der Waals surface area contributed by atoms with Gasteiger partial charge < -0.3 is 10.0 Å². The smallest absolute Gasteiger partial charge is 0.323 e. The van der Waals surface area contributed by atoms with Gasteiger partial charge in [-0.3, -0.25) is 9.59 Å². The topological polar surface area (TPSA) is 88.3 Å². The third-order valence-corrected chi connectivity index (χ3v) is 3.45. The lowest BCUT2D eigenvalue weighted by Gasteiger charge is -2.18. The van der Waals surface area contributed by atoms with E-state index in [9.17, 15) is 9.59 Å². The van der Waals surface area contributed by atoms with Gasteiger partial charge in [-0.2, -0.15) is 0 Å². The average molecular weight is 316 g/mol. The van der Waals surface area contributed by atoms with Crippen LogP contribution in [-0.4, -0.2) is 50.0 Å². The van der Waals surface area contributed by atoms with E-state index in [1.807, 2.05) is 38.1 Å². The molecule has 0 unspecified atom stereocenters. The Morgan fingerprint density at radius 1 is 1.30 bits per heavy atom. The highest BCUT2D eigenvalue weighted by Crippen LogP contribution is 2.15. The van der Waals surface area contributed by atoms with E-state index in [-0.39, 0.29) is 12.2 Å². The summed E-state index contributed by atoms with van der Waals surface area (Å²) < 4.78 is 1.59. The number of aliphatic carboxylic acids is 1. The molecule has 0 radical (unpaired) electrons. The molecule has 7 heteroatoms. The van der Waals surface area contributed by atoms with Crippen molar-refractivity contribution in [2.75, 3.05) is 13.1 Å². The summed E-state index contributed by atoms with van der Waals surface area (Å²) in [5, 5.41) is 17.0. The summed E-state index contributed by atoms with van der Waals surface area (Å²) in [4.78, 5) is 24.8. The summed E-state index contributed by atoms with van der Waals surface area (Å²) in [6.45, 7) is 5.63. The molecule has 0 saturated carbocycles. The van der Waals surface area contributed by atoms with Gasteiger partial charge in [0.1, 0.15) is 6.54 Å². The maximum absolute atomic E-state index is 12.5.